The van der Waals surface area contributed by atoms with Crippen LogP contribution >= 0.6 is 23.2 Å². The van der Waals surface area contributed by atoms with Crippen LogP contribution in [0.4, 0.5) is 0 Å². The van der Waals surface area contributed by atoms with Crippen LogP contribution in [0.1, 0.15) is 22.9 Å². The van der Waals surface area contributed by atoms with Crippen molar-refractivity contribution in [3.8, 4) is 0 Å². The second kappa shape index (κ2) is 5.76. The molecule has 0 bridgehead atoms. The van der Waals surface area contributed by atoms with E-state index in [1.807, 2.05) is 25.1 Å². The van der Waals surface area contributed by atoms with Gasteiger partial charge in [0, 0.05) is 5.56 Å². The second-order valence-electron chi connectivity index (χ2n) is 4.10. The Labute approximate surface area is 116 Å². The zero-order chi connectivity index (χ0) is 13.1. The van der Waals surface area contributed by atoms with Crippen LogP contribution in [0.25, 0.3) is 0 Å². The van der Waals surface area contributed by atoms with Crippen LogP contribution < -0.4 is 11.3 Å². The lowest BCUT2D eigenvalue weighted by molar-refractivity contribution is 0.502. The van der Waals surface area contributed by atoms with Crippen LogP contribution in [-0.2, 0) is 6.42 Å². The molecule has 18 heavy (non-hydrogen) atoms. The van der Waals surface area contributed by atoms with Crippen molar-refractivity contribution in [2.24, 2.45) is 5.84 Å². The molecule has 0 saturated heterocycles. The molecule has 1 heterocycles. The summed E-state index contributed by atoms with van der Waals surface area (Å²) in [6.07, 6.45) is 2.37. The normalized spacial score (nSPS) is 12.7. The van der Waals surface area contributed by atoms with Crippen molar-refractivity contribution in [2.75, 3.05) is 0 Å². The number of halogens is 2. The summed E-state index contributed by atoms with van der Waals surface area (Å²) in [4.78, 5) is 0. The predicted octanol–water partition coefficient (Wildman–Crippen LogP) is 3.64. The van der Waals surface area contributed by atoms with Gasteiger partial charge in [-0.25, -0.2) is 0 Å². The molecule has 0 radical (unpaired) electrons. The van der Waals surface area contributed by atoms with Crippen molar-refractivity contribution in [3.63, 3.8) is 0 Å². The molecule has 0 spiro atoms. The van der Waals surface area contributed by atoms with E-state index in [9.17, 15) is 0 Å². The highest BCUT2D eigenvalue weighted by molar-refractivity contribution is 6.42. The average molecular weight is 285 g/mol. The molecule has 1 aromatic heterocycles. The third-order valence-corrected chi connectivity index (χ3v) is 3.64. The first kappa shape index (κ1) is 13.4. The SMILES string of the molecule is Cc1occc1C(Cc1ccc(Cl)c(Cl)c1)NN. The molecule has 0 fully saturated rings. The predicted molar refractivity (Wildman–Crippen MR) is 73.7 cm³/mol. The van der Waals surface area contributed by atoms with Gasteiger partial charge in [-0.1, -0.05) is 29.3 Å². The molecule has 2 aromatic rings. The van der Waals surface area contributed by atoms with Gasteiger partial charge in [0.2, 0.25) is 0 Å². The molecule has 0 aliphatic heterocycles. The van der Waals surface area contributed by atoms with E-state index in [0.717, 1.165) is 16.9 Å². The van der Waals surface area contributed by atoms with Crippen LogP contribution in [0, 0.1) is 6.92 Å². The Bertz CT molecular complexity index is 540. The third kappa shape index (κ3) is 2.87. The Morgan fingerprint density at radius 3 is 2.61 bits per heavy atom. The first-order valence-corrected chi connectivity index (χ1v) is 6.31. The first-order chi connectivity index (χ1) is 8.61. The van der Waals surface area contributed by atoms with Crippen LogP contribution in [0.3, 0.4) is 0 Å². The van der Waals surface area contributed by atoms with Crippen molar-refractivity contribution in [2.45, 2.75) is 19.4 Å². The molecule has 1 atom stereocenters. The number of furan rings is 1. The number of aryl methyl sites for hydroxylation is 1. The fourth-order valence-corrected chi connectivity index (χ4v) is 2.24. The molecular weight excluding hydrogens is 271 g/mol. The number of rotatable bonds is 4. The molecule has 3 nitrogen and oxygen atoms in total. The maximum atomic E-state index is 5.99. The van der Waals surface area contributed by atoms with Gasteiger partial charge in [-0.2, -0.15) is 0 Å². The van der Waals surface area contributed by atoms with E-state index < -0.39 is 0 Å². The molecule has 2 rings (SSSR count). The van der Waals surface area contributed by atoms with E-state index >= 15 is 0 Å². The van der Waals surface area contributed by atoms with Crippen molar-refractivity contribution in [1.82, 2.24) is 5.43 Å². The van der Waals surface area contributed by atoms with Gasteiger partial charge in [0.15, 0.2) is 0 Å². The van der Waals surface area contributed by atoms with E-state index in [0.29, 0.717) is 16.5 Å². The van der Waals surface area contributed by atoms with Gasteiger partial charge in [-0.15, -0.1) is 0 Å². The topological polar surface area (TPSA) is 51.2 Å². The highest BCUT2D eigenvalue weighted by atomic mass is 35.5. The lowest BCUT2D eigenvalue weighted by Crippen LogP contribution is -2.29. The number of hydrogen-bond donors (Lipinski definition) is 2. The van der Waals surface area contributed by atoms with Crippen LogP contribution in [0.15, 0.2) is 34.9 Å². The molecule has 3 N–H and O–H groups in total. The summed E-state index contributed by atoms with van der Waals surface area (Å²) < 4.78 is 5.29. The molecule has 1 unspecified atom stereocenters. The molecule has 5 heteroatoms. The molecule has 0 amide bonds. The van der Waals surface area contributed by atoms with Crippen molar-refractivity contribution in [3.05, 3.63) is 57.5 Å². The fraction of sp³-hybridized carbons (Fsp3) is 0.231. The van der Waals surface area contributed by atoms with Gasteiger partial charge in [-0.05, 0) is 37.1 Å². The van der Waals surface area contributed by atoms with Crippen molar-refractivity contribution < 1.29 is 4.42 Å². The largest absolute Gasteiger partial charge is 0.469 e. The summed E-state index contributed by atoms with van der Waals surface area (Å²) in [7, 11) is 0. The minimum atomic E-state index is -0.0130. The average Bonchev–Trinajstić information content (AvgIpc) is 2.77. The Balaban J connectivity index is 2.20. The van der Waals surface area contributed by atoms with E-state index in [2.05, 4.69) is 5.43 Å². The molecule has 96 valence electrons. The highest BCUT2D eigenvalue weighted by Gasteiger charge is 2.15. The maximum absolute atomic E-state index is 5.99. The van der Waals surface area contributed by atoms with Crippen LogP contribution in [0.2, 0.25) is 10.0 Å². The van der Waals surface area contributed by atoms with Gasteiger partial charge in [0.05, 0.1) is 22.4 Å². The second-order valence-corrected chi connectivity index (χ2v) is 4.92. The zero-order valence-corrected chi connectivity index (χ0v) is 11.4. The Morgan fingerprint density at radius 1 is 1.28 bits per heavy atom. The number of nitrogens with two attached hydrogens (primary N) is 1. The monoisotopic (exact) mass is 284 g/mol. The van der Waals surface area contributed by atoms with Gasteiger partial charge in [0.1, 0.15) is 5.76 Å². The minimum absolute atomic E-state index is 0.0130. The first-order valence-electron chi connectivity index (χ1n) is 5.56. The number of hydrazine groups is 1. The van der Waals surface area contributed by atoms with E-state index in [1.165, 1.54) is 0 Å². The Morgan fingerprint density at radius 2 is 2.06 bits per heavy atom. The van der Waals surface area contributed by atoms with Crippen LogP contribution in [-0.4, -0.2) is 0 Å². The summed E-state index contributed by atoms with van der Waals surface area (Å²) in [5.41, 5.74) is 4.90. The smallest absolute Gasteiger partial charge is 0.105 e. The van der Waals surface area contributed by atoms with Crippen molar-refractivity contribution >= 4 is 23.2 Å². The summed E-state index contributed by atoms with van der Waals surface area (Å²) in [5, 5.41) is 1.10. The summed E-state index contributed by atoms with van der Waals surface area (Å²) in [6.45, 7) is 1.91. The van der Waals surface area contributed by atoms with Gasteiger partial charge in [-0.3, -0.25) is 11.3 Å². The van der Waals surface area contributed by atoms with Gasteiger partial charge < -0.3 is 4.42 Å². The van der Waals surface area contributed by atoms with Crippen LogP contribution in [0.5, 0.6) is 0 Å². The molecule has 0 aliphatic rings. The van der Waals surface area contributed by atoms with E-state index in [4.69, 9.17) is 33.5 Å². The number of benzene rings is 1. The summed E-state index contributed by atoms with van der Waals surface area (Å²) >= 11 is 11.9. The molecule has 0 saturated carbocycles. The standard InChI is InChI=1S/C13H14Cl2N2O/c1-8-10(4-5-18-8)13(17-16)7-9-2-3-11(14)12(15)6-9/h2-6,13,17H,7,16H2,1H3. The van der Waals surface area contributed by atoms with E-state index in [-0.39, 0.29) is 6.04 Å². The van der Waals surface area contributed by atoms with Gasteiger partial charge >= 0.3 is 0 Å². The Kier molecular flexibility index (Phi) is 4.30. The third-order valence-electron chi connectivity index (χ3n) is 2.90. The molecule has 1 aromatic carbocycles. The van der Waals surface area contributed by atoms with Gasteiger partial charge in [0.25, 0.3) is 0 Å². The molecular formula is C13H14Cl2N2O. The lowest BCUT2D eigenvalue weighted by Gasteiger charge is -2.15. The lowest BCUT2D eigenvalue weighted by atomic mass is 10.00. The quantitative estimate of drug-likeness (QED) is 0.666. The summed E-state index contributed by atoms with van der Waals surface area (Å²) in [6, 6.07) is 7.48. The maximum Gasteiger partial charge on any atom is 0.105 e. The number of hydrogen-bond acceptors (Lipinski definition) is 3. The summed E-state index contributed by atoms with van der Waals surface area (Å²) in [5.74, 6) is 6.46. The molecule has 0 aliphatic carbocycles. The Hall–Kier alpha value is -1.00. The minimum Gasteiger partial charge on any atom is -0.469 e. The number of nitrogens with one attached hydrogen (secondary N) is 1. The van der Waals surface area contributed by atoms with E-state index in [1.54, 1.807) is 12.3 Å². The van der Waals surface area contributed by atoms with Crippen molar-refractivity contribution in [1.29, 1.82) is 0 Å². The highest BCUT2D eigenvalue weighted by Crippen LogP contribution is 2.26. The fourth-order valence-electron chi connectivity index (χ4n) is 1.92. The zero-order valence-electron chi connectivity index (χ0n) is 9.91.